The molecular formula is C14H18BrNO3. The van der Waals surface area contributed by atoms with Gasteiger partial charge in [-0.05, 0) is 31.5 Å². The third kappa shape index (κ3) is 3.28. The van der Waals surface area contributed by atoms with Crippen LogP contribution in [-0.2, 0) is 4.79 Å². The summed E-state index contributed by atoms with van der Waals surface area (Å²) in [5, 5.41) is 9.27. The van der Waals surface area contributed by atoms with Crippen LogP contribution in [0.5, 0.6) is 5.75 Å². The summed E-state index contributed by atoms with van der Waals surface area (Å²) in [4.78, 5) is 14.0. The predicted molar refractivity (Wildman–Crippen MR) is 76.3 cm³/mol. The summed E-state index contributed by atoms with van der Waals surface area (Å²) in [6.07, 6.45) is 0.192. The molecule has 1 aromatic carbocycles. The van der Waals surface area contributed by atoms with Crippen molar-refractivity contribution in [3.05, 3.63) is 28.2 Å². The number of amides is 1. The first-order chi connectivity index (χ1) is 8.99. The van der Waals surface area contributed by atoms with E-state index in [2.05, 4.69) is 15.9 Å². The Labute approximate surface area is 121 Å². The molecule has 0 fully saturated rings. The number of hydrogen-bond donors (Lipinski definition) is 1. The summed E-state index contributed by atoms with van der Waals surface area (Å²) in [6, 6.07) is 5.72. The maximum atomic E-state index is 12.4. The highest BCUT2D eigenvalue weighted by molar-refractivity contribution is 9.10. The molecule has 0 saturated carbocycles. The van der Waals surface area contributed by atoms with Gasteiger partial charge in [0.1, 0.15) is 18.3 Å². The minimum absolute atomic E-state index is 0.0394. The lowest BCUT2D eigenvalue weighted by molar-refractivity contribution is -0.131. The molecule has 2 atom stereocenters. The molecule has 4 nitrogen and oxygen atoms in total. The number of carbonyl (C=O) groups excluding carboxylic acids is 1. The second-order valence-corrected chi connectivity index (χ2v) is 5.86. The molecule has 2 unspecified atom stereocenters. The average Bonchev–Trinajstić information content (AvgIpc) is 2.77. The van der Waals surface area contributed by atoms with Crippen LogP contribution in [0.15, 0.2) is 22.7 Å². The monoisotopic (exact) mass is 327 g/mol. The van der Waals surface area contributed by atoms with Crippen molar-refractivity contribution in [1.29, 1.82) is 0 Å². The van der Waals surface area contributed by atoms with Crippen molar-refractivity contribution in [1.82, 2.24) is 4.90 Å². The van der Waals surface area contributed by atoms with Crippen LogP contribution in [0.3, 0.4) is 0 Å². The van der Waals surface area contributed by atoms with E-state index < -0.39 is 6.10 Å². The van der Waals surface area contributed by atoms with E-state index in [1.807, 2.05) is 18.2 Å². The van der Waals surface area contributed by atoms with Gasteiger partial charge in [-0.25, -0.2) is 0 Å². The molecule has 1 N–H and O–H groups in total. The van der Waals surface area contributed by atoms with E-state index in [1.165, 1.54) is 0 Å². The van der Waals surface area contributed by atoms with Crippen LogP contribution < -0.4 is 4.74 Å². The van der Waals surface area contributed by atoms with Crippen LogP contribution in [0.4, 0.5) is 0 Å². The van der Waals surface area contributed by atoms with Gasteiger partial charge in [-0.2, -0.15) is 0 Å². The van der Waals surface area contributed by atoms with Gasteiger partial charge in [0.15, 0.2) is 0 Å². The molecule has 5 heteroatoms. The van der Waals surface area contributed by atoms with Gasteiger partial charge >= 0.3 is 0 Å². The Morgan fingerprint density at radius 3 is 3.05 bits per heavy atom. The minimum atomic E-state index is -0.392. The van der Waals surface area contributed by atoms with E-state index in [9.17, 15) is 9.90 Å². The first kappa shape index (κ1) is 14.3. The lowest BCUT2D eigenvalue weighted by Crippen LogP contribution is -2.34. The number of aliphatic hydroxyl groups is 1. The number of fused-ring (bicyclic) bond motifs is 1. The Balaban J connectivity index is 2.08. The van der Waals surface area contributed by atoms with E-state index in [0.717, 1.165) is 15.8 Å². The Kier molecular flexibility index (Phi) is 4.47. The van der Waals surface area contributed by atoms with Crippen molar-refractivity contribution in [2.24, 2.45) is 0 Å². The zero-order valence-corrected chi connectivity index (χ0v) is 12.7. The molecule has 0 saturated heterocycles. The Morgan fingerprint density at radius 1 is 1.63 bits per heavy atom. The van der Waals surface area contributed by atoms with Gasteiger partial charge in [-0.3, -0.25) is 4.79 Å². The summed E-state index contributed by atoms with van der Waals surface area (Å²) in [7, 11) is 1.76. The second-order valence-electron chi connectivity index (χ2n) is 4.94. The molecule has 1 aliphatic rings. The van der Waals surface area contributed by atoms with Crippen LogP contribution in [0.1, 0.15) is 24.8 Å². The van der Waals surface area contributed by atoms with Crippen LogP contribution >= 0.6 is 15.9 Å². The maximum absolute atomic E-state index is 12.4. The quantitative estimate of drug-likeness (QED) is 0.921. The molecule has 104 valence electrons. The van der Waals surface area contributed by atoms with Crippen LogP contribution in [0, 0.1) is 0 Å². The van der Waals surface area contributed by atoms with Gasteiger partial charge in [0.25, 0.3) is 0 Å². The summed E-state index contributed by atoms with van der Waals surface area (Å²) < 4.78 is 6.49. The SMILES string of the molecule is CC(O)CCN(C)C(=O)C1COc2ccc(Br)cc21. The van der Waals surface area contributed by atoms with Crippen LogP contribution in [-0.4, -0.2) is 42.2 Å². The summed E-state index contributed by atoms with van der Waals surface area (Å²) in [5.41, 5.74) is 0.934. The van der Waals surface area contributed by atoms with Crippen LogP contribution in [0.2, 0.25) is 0 Å². The first-order valence-electron chi connectivity index (χ1n) is 6.34. The van der Waals surface area contributed by atoms with Crippen LogP contribution in [0.25, 0.3) is 0 Å². The van der Waals surface area contributed by atoms with Gasteiger partial charge < -0.3 is 14.7 Å². The van der Waals surface area contributed by atoms with Crippen molar-refractivity contribution < 1.29 is 14.6 Å². The highest BCUT2D eigenvalue weighted by Crippen LogP contribution is 2.36. The molecule has 0 radical (unpaired) electrons. The molecule has 1 aliphatic heterocycles. The maximum Gasteiger partial charge on any atom is 0.233 e. The smallest absolute Gasteiger partial charge is 0.233 e. The minimum Gasteiger partial charge on any atom is -0.492 e. The number of halogens is 1. The van der Waals surface area contributed by atoms with Crippen molar-refractivity contribution in [2.75, 3.05) is 20.2 Å². The summed E-state index contributed by atoms with van der Waals surface area (Å²) in [5.74, 6) is 0.578. The van der Waals surface area contributed by atoms with E-state index in [0.29, 0.717) is 19.6 Å². The standard InChI is InChI=1S/C14H18BrNO3/c1-9(17)5-6-16(2)14(18)12-8-19-13-4-3-10(15)7-11(12)13/h3-4,7,9,12,17H,5-6,8H2,1-2H3. The number of rotatable bonds is 4. The number of benzene rings is 1. The number of hydrogen-bond acceptors (Lipinski definition) is 3. The Hall–Kier alpha value is -1.07. The van der Waals surface area contributed by atoms with E-state index in [4.69, 9.17) is 4.74 Å². The molecule has 0 aromatic heterocycles. The Bertz CT molecular complexity index is 476. The van der Waals surface area contributed by atoms with Crippen molar-refractivity contribution in [3.63, 3.8) is 0 Å². The molecule has 0 spiro atoms. The van der Waals surface area contributed by atoms with Gasteiger partial charge in [0.2, 0.25) is 5.91 Å². The lowest BCUT2D eigenvalue weighted by Gasteiger charge is -2.21. The van der Waals surface area contributed by atoms with E-state index in [1.54, 1.807) is 18.9 Å². The second kappa shape index (κ2) is 5.92. The fourth-order valence-corrected chi connectivity index (χ4v) is 2.53. The number of ether oxygens (including phenoxy) is 1. The third-order valence-corrected chi connectivity index (χ3v) is 3.80. The molecule has 1 heterocycles. The normalized spacial score (nSPS) is 18.6. The van der Waals surface area contributed by atoms with E-state index >= 15 is 0 Å². The Morgan fingerprint density at radius 2 is 2.37 bits per heavy atom. The topological polar surface area (TPSA) is 49.8 Å². The molecule has 1 aromatic rings. The van der Waals surface area contributed by atoms with Crippen molar-refractivity contribution >= 4 is 21.8 Å². The fourth-order valence-electron chi connectivity index (χ4n) is 2.15. The predicted octanol–water partition coefficient (Wildman–Crippen LogP) is 2.15. The molecule has 2 rings (SSSR count). The zero-order valence-electron chi connectivity index (χ0n) is 11.1. The molecule has 1 amide bonds. The van der Waals surface area contributed by atoms with E-state index in [-0.39, 0.29) is 11.8 Å². The highest BCUT2D eigenvalue weighted by Gasteiger charge is 2.32. The highest BCUT2D eigenvalue weighted by atomic mass is 79.9. The first-order valence-corrected chi connectivity index (χ1v) is 7.13. The number of likely N-dealkylation sites (N-methyl/N-ethyl adjacent to an activating group) is 1. The molecule has 0 bridgehead atoms. The van der Waals surface area contributed by atoms with Gasteiger partial charge in [-0.1, -0.05) is 15.9 Å². The molecular weight excluding hydrogens is 310 g/mol. The number of carbonyl (C=O) groups is 1. The number of nitrogens with zero attached hydrogens (tertiary/aromatic N) is 1. The lowest BCUT2D eigenvalue weighted by atomic mass is 10.00. The zero-order chi connectivity index (χ0) is 14.0. The van der Waals surface area contributed by atoms with Gasteiger partial charge in [0, 0.05) is 23.6 Å². The summed E-state index contributed by atoms with van der Waals surface area (Å²) >= 11 is 3.41. The summed E-state index contributed by atoms with van der Waals surface area (Å²) in [6.45, 7) is 2.67. The van der Waals surface area contributed by atoms with Gasteiger partial charge in [0.05, 0.1) is 6.10 Å². The third-order valence-electron chi connectivity index (χ3n) is 3.31. The fraction of sp³-hybridized carbons (Fsp3) is 0.500. The van der Waals surface area contributed by atoms with Crippen molar-refractivity contribution in [2.45, 2.75) is 25.4 Å². The molecule has 19 heavy (non-hydrogen) atoms. The molecule has 0 aliphatic carbocycles. The van der Waals surface area contributed by atoms with Crippen molar-refractivity contribution in [3.8, 4) is 5.75 Å². The number of aliphatic hydroxyl groups excluding tert-OH is 1. The largest absolute Gasteiger partial charge is 0.492 e. The van der Waals surface area contributed by atoms with Gasteiger partial charge in [-0.15, -0.1) is 0 Å². The average molecular weight is 328 g/mol.